The third kappa shape index (κ3) is 2.04. The molecule has 0 saturated carbocycles. The molecule has 0 N–H and O–H groups in total. The van der Waals surface area contributed by atoms with Crippen molar-refractivity contribution in [1.29, 1.82) is 0 Å². The minimum absolute atomic E-state index is 0.539. The van der Waals surface area contributed by atoms with E-state index in [1.54, 1.807) is 14.2 Å². The van der Waals surface area contributed by atoms with E-state index in [1.165, 1.54) is 0 Å². The first-order valence-electron chi connectivity index (χ1n) is 4.68. The van der Waals surface area contributed by atoms with Crippen molar-refractivity contribution >= 4 is 15.9 Å². The summed E-state index contributed by atoms with van der Waals surface area (Å²) in [5.74, 6) is 0.821. The van der Waals surface area contributed by atoms with E-state index in [0.29, 0.717) is 6.01 Å². The zero-order valence-electron chi connectivity index (χ0n) is 8.98. The first kappa shape index (κ1) is 11.0. The van der Waals surface area contributed by atoms with Gasteiger partial charge in [0.2, 0.25) is 0 Å². The average Bonchev–Trinajstić information content (AvgIpc) is 2.70. The summed E-state index contributed by atoms with van der Waals surface area (Å²) in [5, 5.41) is 0. The second-order valence-corrected chi connectivity index (χ2v) is 3.93. The van der Waals surface area contributed by atoms with Gasteiger partial charge in [-0.15, -0.1) is 0 Å². The van der Waals surface area contributed by atoms with Gasteiger partial charge in [0.25, 0.3) is 0 Å². The standard InChI is InChI=1S/C11H11BrN2O2/c1-15-9-5-3-8(4-6-9)14-7-10(12)13-11(14)16-2/h3-7H,1-2H3. The minimum Gasteiger partial charge on any atom is -0.497 e. The van der Waals surface area contributed by atoms with Crippen LogP contribution in [-0.4, -0.2) is 23.8 Å². The summed E-state index contributed by atoms with van der Waals surface area (Å²) in [6.07, 6.45) is 1.85. The quantitative estimate of drug-likeness (QED) is 0.868. The molecule has 0 spiro atoms. The van der Waals surface area contributed by atoms with Crippen LogP contribution >= 0.6 is 15.9 Å². The Morgan fingerprint density at radius 1 is 1.12 bits per heavy atom. The van der Waals surface area contributed by atoms with E-state index in [-0.39, 0.29) is 0 Å². The van der Waals surface area contributed by atoms with Gasteiger partial charge in [0.05, 0.1) is 19.9 Å². The molecule has 0 amide bonds. The number of hydrogen-bond acceptors (Lipinski definition) is 3. The van der Waals surface area contributed by atoms with Crippen LogP contribution in [0.4, 0.5) is 0 Å². The maximum absolute atomic E-state index is 5.17. The molecule has 16 heavy (non-hydrogen) atoms. The Balaban J connectivity index is 2.41. The first-order valence-corrected chi connectivity index (χ1v) is 5.47. The summed E-state index contributed by atoms with van der Waals surface area (Å²) >= 11 is 3.31. The van der Waals surface area contributed by atoms with E-state index in [0.717, 1.165) is 16.0 Å². The molecular weight excluding hydrogens is 272 g/mol. The molecule has 1 aromatic heterocycles. The topological polar surface area (TPSA) is 36.3 Å². The van der Waals surface area contributed by atoms with E-state index < -0.39 is 0 Å². The van der Waals surface area contributed by atoms with E-state index >= 15 is 0 Å². The summed E-state index contributed by atoms with van der Waals surface area (Å²) in [4.78, 5) is 4.17. The molecule has 0 fully saturated rings. The van der Waals surface area contributed by atoms with Crippen LogP contribution in [0, 0.1) is 0 Å². The molecule has 0 aliphatic rings. The van der Waals surface area contributed by atoms with Crippen LogP contribution in [0.1, 0.15) is 0 Å². The Kier molecular flexibility index (Phi) is 3.14. The molecule has 2 aromatic rings. The molecule has 0 radical (unpaired) electrons. The van der Waals surface area contributed by atoms with Gasteiger partial charge in [-0.25, -0.2) is 0 Å². The lowest BCUT2D eigenvalue weighted by Crippen LogP contribution is -1.97. The van der Waals surface area contributed by atoms with Crippen molar-refractivity contribution in [1.82, 2.24) is 9.55 Å². The summed E-state index contributed by atoms with van der Waals surface area (Å²) < 4.78 is 12.9. The number of nitrogens with zero attached hydrogens (tertiary/aromatic N) is 2. The fraction of sp³-hybridized carbons (Fsp3) is 0.182. The van der Waals surface area contributed by atoms with Crippen molar-refractivity contribution in [2.24, 2.45) is 0 Å². The maximum Gasteiger partial charge on any atom is 0.301 e. The molecular formula is C11H11BrN2O2. The second kappa shape index (κ2) is 4.57. The molecule has 5 heteroatoms. The highest BCUT2D eigenvalue weighted by Gasteiger charge is 2.08. The molecule has 84 valence electrons. The van der Waals surface area contributed by atoms with Crippen LogP contribution in [0.25, 0.3) is 5.69 Å². The fourth-order valence-electron chi connectivity index (χ4n) is 1.41. The summed E-state index contributed by atoms with van der Waals surface area (Å²) in [5.41, 5.74) is 0.968. The molecule has 4 nitrogen and oxygen atoms in total. The SMILES string of the molecule is COc1ccc(-n2cc(Br)nc2OC)cc1. The predicted octanol–water partition coefficient (Wildman–Crippen LogP) is 2.65. The Bertz CT molecular complexity index is 479. The lowest BCUT2D eigenvalue weighted by atomic mass is 10.3. The average molecular weight is 283 g/mol. The van der Waals surface area contributed by atoms with Gasteiger partial charge in [-0.05, 0) is 40.2 Å². The summed E-state index contributed by atoms with van der Waals surface area (Å²) in [6.45, 7) is 0. The maximum atomic E-state index is 5.17. The normalized spacial score (nSPS) is 10.2. The molecule has 0 unspecified atom stereocenters. The van der Waals surface area contributed by atoms with E-state index in [1.807, 2.05) is 35.0 Å². The molecule has 0 aliphatic carbocycles. The van der Waals surface area contributed by atoms with Gasteiger partial charge in [0.15, 0.2) is 0 Å². The van der Waals surface area contributed by atoms with Crippen LogP contribution in [0.3, 0.4) is 0 Å². The van der Waals surface area contributed by atoms with Gasteiger partial charge < -0.3 is 9.47 Å². The molecule has 0 aliphatic heterocycles. The third-order valence-electron chi connectivity index (χ3n) is 2.18. The number of aromatic nitrogens is 2. The minimum atomic E-state index is 0.539. The van der Waals surface area contributed by atoms with Crippen molar-refractivity contribution < 1.29 is 9.47 Å². The van der Waals surface area contributed by atoms with Crippen molar-refractivity contribution in [3.63, 3.8) is 0 Å². The van der Waals surface area contributed by atoms with Gasteiger partial charge in [0.1, 0.15) is 10.4 Å². The highest BCUT2D eigenvalue weighted by molar-refractivity contribution is 9.10. The molecule has 1 heterocycles. The highest BCUT2D eigenvalue weighted by Crippen LogP contribution is 2.22. The first-order chi connectivity index (χ1) is 7.74. The van der Waals surface area contributed by atoms with Crippen molar-refractivity contribution in [2.45, 2.75) is 0 Å². The Hall–Kier alpha value is -1.49. The molecule has 2 rings (SSSR count). The van der Waals surface area contributed by atoms with Gasteiger partial charge in [-0.1, -0.05) is 0 Å². The van der Waals surface area contributed by atoms with E-state index in [2.05, 4.69) is 20.9 Å². The Morgan fingerprint density at radius 3 is 2.38 bits per heavy atom. The van der Waals surface area contributed by atoms with Gasteiger partial charge in [-0.2, -0.15) is 4.98 Å². The number of halogens is 1. The van der Waals surface area contributed by atoms with Crippen molar-refractivity contribution in [3.05, 3.63) is 35.1 Å². The molecule has 0 saturated heterocycles. The Morgan fingerprint density at radius 2 is 1.81 bits per heavy atom. The summed E-state index contributed by atoms with van der Waals surface area (Å²) in [7, 11) is 3.23. The number of ether oxygens (including phenoxy) is 2. The smallest absolute Gasteiger partial charge is 0.301 e. The van der Waals surface area contributed by atoms with Gasteiger partial charge in [-0.3, -0.25) is 4.57 Å². The van der Waals surface area contributed by atoms with Crippen LogP contribution in [-0.2, 0) is 0 Å². The molecule has 1 aromatic carbocycles. The van der Waals surface area contributed by atoms with E-state index in [9.17, 15) is 0 Å². The van der Waals surface area contributed by atoms with Crippen molar-refractivity contribution in [2.75, 3.05) is 14.2 Å². The van der Waals surface area contributed by atoms with Crippen LogP contribution in [0.15, 0.2) is 35.1 Å². The predicted molar refractivity (Wildman–Crippen MR) is 64.4 cm³/mol. The number of methoxy groups -OCH3 is 2. The third-order valence-corrected chi connectivity index (χ3v) is 2.56. The zero-order chi connectivity index (χ0) is 11.5. The second-order valence-electron chi connectivity index (χ2n) is 3.12. The monoisotopic (exact) mass is 282 g/mol. The number of benzene rings is 1. The van der Waals surface area contributed by atoms with Crippen LogP contribution < -0.4 is 9.47 Å². The van der Waals surface area contributed by atoms with Gasteiger partial charge >= 0.3 is 6.01 Å². The highest BCUT2D eigenvalue weighted by atomic mass is 79.9. The van der Waals surface area contributed by atoms with Crippen LogP contribution in [0.5, 0.6) is 11.8 Å². The van der Waals surface area contributed by atoms with Gasteiger partial charge in [0, 0.05) is 6.20 Å². The zero-order valence-corrected chi connectivity index (χ0v) is 10.6. The fourth-order valence-corrected chi connectivity index (χ4v) is 1.76. The van der Waals surface area contributed by atoms with Crippen LogP contribution in [0.2, 0.25) is 0 Å². The number of rotatable bonds is 3. The number of hydrogen-bond donors (Lipinski definition) is 0. The Labute approximate surface area is 102 Å². The van der Waals surface area contributed by atoms with E-state index in [4.69, 9.17) is 9.47 Å². The van der Waals surface area contributed by atoms with Crippen molar-refractivity contribution in [3.8, 4) is 17.4 Å². The summed E-state index contributed by atoms with van der Waals surface area (Å²) in [6, 6.07) is 8.20. The molecule has 0 atom stereocenters. The lowest BCUT2D eigenvalue weighted by molar-refractivity contribution is 0.373. The molecule has 0 bridgehead atoms. The number of imidazole rings is 1. The lowest BCUT2D eigenvalue weighted by Gasteiger charge is -2.06. The largest absolute Gasteiger partial charge is 0.497 e.